The van der Waals surface area contributed by atoms with E-state index in [1.54, 1.807) is 7.11 Å². The number of aromatic nitrogens is 1. The molecular formula is C17H21N3O2. The van der Waals surface area contributed by atoms with Gasteiger partial charge in [-0.3, -0.25) is 4.90 Å². The van der Waals surface area contributed by atoms with Crippen LogP contribution in [0.2, 0.25) is 0 Å². The van der Waals surface area contributed by atoms with E-state index in [9.17, 15) is 0 Å². The number of methoxy groups -OCH3 is 1. The van der Waals surface area contributed by atoms with Gasteiger partial charge < -0.3 is 14.6 Å². The minimum absolute atomic E-state index is 0.662. The monoisotopic (exact) mass is 299 g/mol. The zero-order valence-electron chi connectivity index (χ0n) is 12.8. The van der Waals surface area contributed by atoms with Crippen LogP contribution in [0.5, 0.6) is 5.75 Å². The second-order valence-electron chi connectivity index (χ2n) is 6.15. The van der Waals surface area contributed by atoms with E-state index < -0.39 is 0 Å². The van der Waals surface area contributed by atoms with Gasteiger partial charge in [0.2, 0.25) is 0 Å². The summed E-state index contributed by atoms with van der Waals surface area (Å²) in [5.41, 5.74) is 1.94. The van der Waals surface area contributed by atoms with Gasteiger partial charge >= 0.3 is 0 Å². The molecule has 0 amide bonds. The molecule has 0 radical (unpaired) electrons. The number of hydrogen-bond acceptors (Lipinski definition) is 5. The van der Waals surface area contributed by atoms with Gasteiger partial charge in [-0.25, -0.2) is 0 Å². The number of benzene rings is 1. The summed E-state index contributed by atoms with van der Waals surface area (Å²) in [6, 6.07) is 10.6. The molecule has 0 saturated carbocycles. The highest BCUT2D eigenvalue weighted by Gasteiger charge is 2.37. The maximum Gasteiger partial charge on any atom is 0.151 e. The number of likely N-dealkylation sites (tertiary alicyclic amines) is 1. The molecular weight excluding hydrogens is 278 g/mol. The van der Waals surface area contributed by atoms with Crippen LogP contribution >= 0.6 is 0 Å². The lowest BCUT2D eigenvalue weighted by Gasteiger charge is -2.21. The first-order valence-corrected chi connectivity index (χ1v) is 7.88. The molecule has 4 rings (SSSR count). The maximum atomic E-state index is 5.54. The average Bonchev–Trinajstić information content (AvgIpc) is 3.26. The Labute approximate surface area is 130 Å². The smallest absolute Gasteiger partial charge is 0.151 e. The third-order valence-electron chi connectivity index (χ3n) is 4.86. The van der Waals surface area contributed by atoms with Gasteiger partial charge in [0.05, 0.1) is 13.7 Å². The first kappa shape index (κ1) is 13.8. The quantitative estimate of drug-likeness (QED) is 0.937. The standard InChI is InChI=1S/C17H21N3O2/c1-21-14-4-2-12(3-5-14)16-8-15(22-19-16)11-20-7-6-13-9-18-10-17(13)20/h2-5,8,13,17-18H,6-7,9-11H2,1H3/t13-,17+/m1/s1. The molecule has 5 heteroatoms. The molecule has 1 aromatic carbocycles. The summed E-state index contributed by atoms with van der Waals surface area (Å²) in [5, 5.41) is 7.69. The second-order valence-corrected chi connectivity index (χ2v) is 6.15. The van der Waals surface area contributed by atoms with Crippen molar-refractivity contribution in [3.05, 3.63) is 36.1 Å². The highest BCUT2D eigenvalue weighted by molar-refractivity contribution is 5.59. The molecule has 2 aliphatic heterocycles. The van der Waals surface area contributed by atoms with Crippen molar-refractivity contribution < 1.29 is 9.26 Å². The van der Waals surface area contributed by atoms with Crippen LogP contribution in [0.3, 0.4) is 0 Å². The van der Waals surface area contributed by atoms with Gasteiger partial charge in [0.15, 0.2) is 5.76 Å². The predicted octanol–water partition coefficient (Wildman–Crippen LogP) is 2.14. The summed E-state index contributed by atoms with van der Waals surface area (Å²) in [7, 11) is 1.67. The molecule has 2 atom stereocenters. The van der Waals surface area contributed by atoms with E-state index in [1.807, 2.05) is 24.3 Å². The fraction of sp³-hybridized carbons (Fsp3) is 0.471. The number of nitrogens with one attached hydrogen (secondary N) is 1. The highest BCUT2D eigenvalue weighted by atomic mass is 16.5. The van der Waals surface area contributed by atoms with Crippen LogP contribution in [-0.4, -0.2) is 42.8 Å². The van der Waals surface area contributed by atoms with Crippen LogP contribution in [0.15, 0.2) is 34.9 Å². The van der Waals surface area contributed by atoms with Crippen molar-refractivity contribution in [3.63, 3.8) is 0 Å². The van der Waals surface area contributed by atoms with Crippen LogP contribution in [0, 0.1) is 5.92 Å². The minimum atomic E-state index is 0.662. The van der Waals surface area contributed by atoms with Crippen LogP contribution in [0.1, 0.15) is 12.2 Å². The van der Waals surface area contributed by atoms with Crippen molar-refractivity contribution >= 4 is 0 Å². The lowest BCUT2D eigenvalue weighted by atomic mass is 10.1. The van der Waals surface area contributed by atoms with Crippen molar-refractivity contribution in [2.24, 2.45) is 5.92 Å². The van der Waals surface area contributed by atoms with Crippen molar-refractivity contribution in [2.45, 2.75) is 19.0 Å². The van der Waals surface area contributed by atoms with Crippen LogP contribution in [-0.2, 0) is 6.54 Å². The molecule has 116 valence electrons. The third kappa shape index (κ3) is 2.51. The SMILES string of the molecule is COc1ccc(-c2cc(CN3CC[C@@H]4CNC[C@@H]43)on2)cc1. The van der Waals surface area contributed by atoms with E-state index in [0.29, 0.717) is 6.04 Å². The Morgan fingerprint density at radius 1 is 1.32 bits per heavy atom. The summed E-state index contributed by atoms with van der Waals surface area (Å²) in [6.07, 6.45) is 1.29. The van der Waals surface area contributed by atoms with E-state index in [-0.39, 0.29) is 0 Å². The molecule has 0 unspecified atom stereocenters. The van der Waals surface area contributed by atoms with Gasteiger partial charge in [-0.05, 0) is 49.7 Å². The predicted molar refractivity (Wildman–Crippen MR) is 83.7 cm³/mol. The van der Waals surface area contributed by atoms with Gasteiger partial charge in [-0.2, -0.15) is 0 Å². The average molecular weight is 299 g/mol. The molecule has 0 spiro atoms. The minimum Gasteiger partial charge on any atom is -0.497 e. The van der Waals surface area contributed by atoms with E-state index in [1.165, 1.54) is 6.42 Å². The third-order valence-corrected chi connectivity index (χ3v) is 4.86. The lowest BCUT2D eigenvalue weighted by Crippen LogP contribution is -2.33. The van der Waals surface area contributed by atoms with Crippen molar-refractivity contribution in [3.8, 4) is 17.0 Å². The Bertz CT molecular complexity index is 638. The first-order chi connectivity index (χ1) is 10.8. The fourth-order valence-corrected chi connectivity index (χ4v) is 3.62. The number of hydrogen-bond donors (Lipinski definition) is 1. The van der Waals surface area contributed by atoms with Crippen LogP contribution < -0.4 is 10.1 Å². The van der Waals surface area contributed by atoms with Gasteiger partial charge in [-0.15, -0.1) is 0 Å². The zero-order valence-corrected chi connectivity index (χ0v) is 12.8. The topological polar surface area (TPSA) is 50.5 Å². The Morgan fingerprint density at radius 2 is 2.18 bits per heavy atom. The largest absolute Gasteiger partial charge is 0.497 e. The number of rotatable bonds is 4. The van der Waals surface area contributed by atoms with Gasteiger partial charge in [-0.1, -0.05) is 5.16 Å². The molecule has 0 bridgehead atoms. The van der Waals surface area contributed by atoms with E-state index in [2.05, 4.69) is 21.4 Å². The van der Waals surface area contributed by atoms with E-state index >= 15 is 0 Å². The van der Waals surface area contributed by atoms with Gasteiger partial charge in [0.25, 0.3) is 0 Å². The Morgan fingerprint density at radius 3 is 3.00 bits per heavy atom. The molecule has 0 aliphatic carbocycles. The molecule has 2 saturated heterocycles. The fourth-order valence-electron chi connectivity index (χ4n) is 3.62. The Balaban J connectivity index is 1.47. The molecule has 2 fully saturated rings. The highest BCUT2D eigenvalue weighted by Crippen LogP contribution is 2.29. The van der Waals surface area contributed by atoms with Crippen molar-refractivity contribution in [1.29, 1.82) is 0 Å². The molecule has 2 aromatic rings. The molecule has 22 heavy (non-hydrogen) atoms. The summed E-state index contributed by atoms with van der Waals surface area (Å²) >= 11 is 0. The Kier molecular flexibility index (Phi) is 3.60. The van der Waals surface area contributed by atoms with E-state index in [4.69, 9.17) is 9.26 Å². The van der Waals surface area contributed by atoms with Crippen molar-refractivity contribution in [1.82, 2.24) is 15.4 Å². The zero-order chi connectivity index (χ0) is 14.9. The molecule has 1 N–H and O–H groups in total. The molecule has 3 heterocycles. The van der Waals surface area contributed by atoms with Crippen molar-refractivity contribution in [2.75, 3.05) is 26.7 Å². The number of nitrogens with zero attached hydrogens (tertiary/aromatic N) is 2. The summed E-state index contributed by atoms with van der Waals surface area (Å²) in [4.78, 5) is 2.52. The van der Waals surface area contributed by atoms with Gasteiger partial charge in [0.1, 0.15) is 11.4 Å². The Hall–Kier alpha value is -1.85. The van der Waals surface area contributed by atoms with Crippen LogP contribution in [0.4, 0.5) is 0 Å². The molecule has 2 aliphatic rings. The van der Waals surface area contributed by atoms with Crippen LogP contribution in [0.25, 0.3) is 11.3 Å². The van der Waals surface area contributed by atoms with E-state index in [0.717, 1.165) is 54.9 Å². The first-order valence-electron chi connectivity index (χ1n) is 7.88. The number of fused-ring (bicyclic) bond motifs is 1. The number of ether oxygens (including phenoxy) is 1. The normalized spacial score (nSPS) is 24.6. The second kappa shape index (κ2) is 5.74. The van der Waals surface area contributed by atoms with Gasteiger partial charge in [0, 0.05) is 24.2 Å². The summed E-state index contributed by atoms with van der Waals surface area (Å²) in [6.45, 7) is 4.28. The maximum absolute atomic E-state index is 5.54. The summed E-state index contributed by atoms with van der Waals surface area (Å²) < 4.78 is 10.7. The molecule has 1 aromatic heterocycles. The summed E-state index contributed by atoms with van der Waals surface area (Å²) in [5.74, 6) is 2.60. The lowest BCUT2D eigenvalue weighted by molar-refractivity contribution is 0.214. The molecule has 5 nitrogen and oxygen atoms in total.